The predicted molar refractivity (Wildman–Crippen MR) is 108 cm³/mol. The zero-order valence-corrected chi connectivity index (χ0v) is 16.5. The van der Waals surface area contributed by atoms with Crippen LogP contribution in [0.4, 0.5) is 0 Å². The highest BCUT2D eigenvalue weighted by molar-refractivity contribution is 8.01. The lowest BCUT2D eigenvalue weighted by molar-refractivity contribution is 0.0695. The standard InChI is InChI=1S/C20H19NO4S2/c1-3-11(2)17(27-20-21-15-6-4-5-7-16(15)26-20)13-9-8-12(18(22)23)10-14(13)19(24)25/h4-11,17H,3H2,1-2H3,(H,22,23)(H,24,25). The molecule has 2 N–H and O–H groups in total. The molecule has 27 heavy (non-hydrogen) atoms. The van der Waals surface area contributed by atoms with Gasteiger partial charge in [-0.25, -0.2) is 14.6 Å². The first-order valence-electron chi connectivity index (χ1n) is 8.53. The van der Waals surface area contributed by atoms with Gasteiger partial charge in [-0.15, -0.1) is 11.3 Å². The van der Waals surface area contributed by atoms with Crippen molar-refractivity contribution in [3.63, 3.8) is 0 Å². The molecule has 2 unspecified atom stereocenters. The van der Waals surface area contributed by atoms with Crippen LogP contribution in [0.1, 0.15) is 51.8 Å². The topological polar surface area (TPSA) is 87.5 Å². The van der Waals surface area contributed by atoms with Crippen molar-refractivity contribution in [3.8, 4) is 0 Å². The van der Waals surface area contributed by atoms with Crippen LogP contribution in [0.25, 0.3) is 10.2 Å². The Bertz CT molecular complexity index is 966. The second-order valence-electron chi connectivity index (χ2n) is 6.28. The highest BCUT2D eigenvalue weighted by Crippen LogP contribution is 2.45. The Morgan fingerprint density at radius 2 is 1.89 bits per heavy atom. The van der Waals surface area contributed by atoms with Crippen LogP contribution in [0.3, 0.4) is 0 Å². The van der Waals surface area contributed by atoms with Gasteiger partial charge in [-0.1, -0.05) is 50.2 Å². The summed E-state index contributed by atoms with van der Waals surface area (Å²) in [6, 6.07) is 12.2. The number of carbonyl (C=O) groups is 2. The van der Waals surface area contributed by atoms with Crippen LogP contribution >= 0.6 is 23.1 Å². The maximum Gasteiger partial charge on any atom is 0.336 e. The Morgan fingerprint density at radius 1 is 1.15 bits per heavy atom. The lowest BCUT2D eigenvalue weighted by Crippen LogP contribution is -2.13. The van der Waals surface area contributed by atoms with Crippen molar-refractivity contribution in [2.45, 2.75) is 29.9 Å². The number of nitrogens with zero attached hydrogens (tertiary/aromatic N) is 1. The van der Waals surface area contributed by atoms with E-state index in [0.717, 1.165) is 21.0 Å². The van der Waals surface area contributed by atoms with E-state index in [2.05, 4.69) is 18.8 Å². The summed E-state index contributed by atoms with van der Waals surface area (Å²) < 4.78 is 1.96. The van der Waals surface area contributed by atoms with Crippen LogP contribution in [0, 0.1) is 5.92 Å². The van der Waals surface area contributed by atoms with E-state index in [1.165, 1.54) is 12.1 Å². The zero-order chi connectivity index (χ0) is 19.6. The number of hydrogen-bond donors (Lipinski definition) is 2. The molecule has 2 aromatic carbocycles. The van der Waals surface area contributed by atoms with Crippen molar-refractivity contribution in [1.29, 1.82) is 0 Å². The number of thiazole rings is 1. The van der Waals surface area contributed by atoms with Gasteiger partial charge in [-0.05, 0) is 35.7 Å². The van der Waals surface area contributed by atoms with Gasteiger partial charge in [0.05, 0.1) is 21.3 Å². The van der Waals surface area contributed by atoms with E-state index in [1.54, 1.807) is 29.2 Å². The van der Waals surface area contributed by atoms with Gasteiger partial charge >= 0.3 is 11.9 Å². The molecule has 0 aliphatic heterocycles. The van der Waals surface area contributed by atoms with Crippen LogP contribution in [-0.4, -0.2) is 27.1 Å². The molecule has 7 heteroatoms. The predicted octanol–water partition coefficient (Wildman–Crippen LogP) is 5.57. The van der Waals surface area contributed by atoms with Gasteiger partial charge in [-0.3, -0.25) is 0 Å². The summed E-state index contributed by atoms with van der Waals surface area (Å²) in [6.45, 7) is 4.13. The molecule has 3 aromatic rings. The summed E-state index contributed by atoms with van der Waals surface area (Å²) in [6.07, 6.45) is 0.863. The molecule has 3 rings (SSSR count). The fourth-order valence-electron chi connectivity index (χ4n) is 2.83. The molecule has 0 aliphatic rings. The summed E-state index contributed by atoms with van der Waals surface area (Å²) in [5, 5.41) is 18.7. The van der Waals surface area contributed by atoms with Gasteiger partial charge in [0.25, 0.3) is 0 Å². The average Bonchev–Trinajstić information content (AvgIpc) is 3.07. The van der Waals surface area contributed by atoms with Gasteiger partial charge in [0, 0.05) is 5.25 Å². The number of para-hydroxylation sites is 1. The molecule has 1 heterocycles. The first-order valence-corrected chi connectivity index (χ1v) is 10.2. The Morgan fingerprint density at radius 3 is 2.52 bits per heavy atom. The quantitative estimate of drug-likeness (QED) is 0.503. The SMILES string of the molecule is CCC(C)C(Sc1nc2ccccc2s1)c1ccc(C(=O)O)cc1C(=O)O. The highest BCUT2D eigenvalue weighted by Gasteiger charge is 2.26. The van der Waals surface area contributed by atoms with E-state index in [9.17, 15) is 19.8 Å². The molecule has 0 radical (unpaired) electrons. The third kappa shape index (κ3) is 4.14. The number of hydrogen-bond acceptors (Lipinski definition) is 5. The molecule has 0 saturated heterocycles. The minimum absolute atomic E-state index is 0.0240. The minimum Gasteiger partial charge on any atom is -0.478 e. The van der Waals surface area contributed by atoms with Crippen molar-refractivity contribution in [3.05, 3.63) is 59.2 Å². The molecule has 140 valence electrons. The number of aromatic carboxylic acids is 2. The fraction of sp³-hybridized carbons (Fsp3) is 0.250. The Kier molecular flexibility index (Phi) is 5.82. The van der Waals surface area contributed by atoms with Crippen LogP contribution in [0.15, 0.2) is 46.8 Å². The molecule has 0 spiro atoms. The summed E-state index contributed by atoms with van der Waals surface area (Å²) in [4.78, 5) is 27.7. The smallest absolute Gasteiger partial charge is 0.336 e. The van der Waals surface area contributed by atoms with Gasteiger partial charge in [0.2, 0.25) is 0 Å². The summed E-state index contributed by atoms with van der Waals surface area (Å²) >= 11 is 3.12. The second-order valence-corrected chi connectivity index (χ2v) is 8.70. The van der Waals surface area contributed by atoms with E-state index in [0.29, 0.717) is 5.56 Å². The molecule has 0 bridgehead atoms. The van der Waals surface area contributed by atoms with E-state index >= 15 is 0 Å². The van der Waals surface area contributed by atoms with Gasteiger partial charge in [0.15, 0.2) is 4.34 Å². The maximum atomic E-state index is 11.8. The first kappa shape index (κ1) is 19.4. The average molecular weight is 402 g/mol. The van der Waals surface area contributed by atoms with Crippen LogP contribution < -0.4 is 0 Å². The molecular weight excluding hydrogens is 382 g/mol. The minimum atomic E-state index is -1.14. The number of thioether (sulfide) groups is 1. The van der Waals surface area contributed by atoms with Crippen LogP contribution in [0.5, 0.6) is 0 Å². The van der Waals surface area contributed by atoms with E-state index in [1.807, 2.05) is 24.3 Å². The molecule has 2 atom stereocenters. The van der Waals surface area contributed by atoms with Crippen molar-refractivity contribution in [2.75, 3.05) is 0 Å². The largest absolute Gasteiger partial charge is 0.478 e. The Hall–Kier alpha value is -2.38. The van der Waals surface area contributed by atoms with Crippen molar-refractivity contribution in [2.24, 2.45) is 5.92 Å². The Balaban J connectivity index is 2.04. The van der Waals surface area contributed by atoms with E-state index < -0.39 is 11.9 Å². The molecule has 0 aliphatic carbocycles. The van der Waals surface area contributed by atoms with E-state index in [-0.39, 0.29) is 22.3 Å². The van der Waals surface area contributed by atoms with Crippen LogP contribution in [-0.2, 0) is 0 Å². The molecule has 5 nitrogen and oxygen atoms in total. The third-order valence-corrected chi connectivity index (χ3v) is 7.14. The molecule has 0 saturated carbocycles. The van der Waals surface area contributed by atoms with Crippen molar-refractivity contribution in [1.82, 2.24) is 4.98 Å². The summed E-state index contributed by atoms with van der Waals surface area (Å²) in [5.41, 5.74) is 1.57. The number of benzene rings is 2. The fourth-order valence-corrected chi connectivity index (χ4v) is 5.43. The summed E-state index contributed by atoms with van der Waals surface area (Å²) in [7, 11) is 0. The van der Waals surface area contributed by atoms with Gasteiger partial charge in [0.1, 0.15) is 0 Å². The third-order valence-electron chi connectivity index (χ3n) is 4.50. The second kappa shape index (κ2) is 8.10. The first-order chi connectivity index (χ1) is 12.9. The molecular formula is C20H19NO4S2. The van der Waals surface area contributed by atoms with Crippen LogP contribution in [0.2, 0.25) is 0 Å². The maximum absolute atomic E-state index is 11.8. The number of carboxylic acids is 2. The van der Waals surface area contributed by atoms with Gasteiger partial charge < -0.3 is 10.2 Å². The zero-order valence-electron chi connectivity index (χ0n) is 14.9. The van der Waals surface area contributed by atoms with Crippen molar-refractivity contribution >= 4 is 45.3 Å². The number of fused-ring (bicyclic) bond motifs is 1. The monoisotopic (exact) mass is 401 g/mol. The highest BCUT2D eigenvalue weighted by atomic mass is 32.2. The number of rotatable bonds is 7. The number of aromatic nitrogens is 1. The van der Waals surface area contributed by atoms with E-state index in [4.69, 9.17) is 0 Å². The van der Waals surface area contributed by atoms with Crippen molar-refractivity contribution < 1.29 is 19.8 Å². The molecule has 0 amide bonds. The molecule has 0 fully saturated rings. The normalized spacial score (nSPS) is 13.4. The Labute approximate surface area is 165 Å². The van der Waals surface area contributed by atoms with Gasteiger partial charge in [-0.2, -0.15) is 0 Å². The summed E-state index contributed by atoms with van der Waals surface area (Å²) in [5.74, 6) is -2.06. The number of carboxylic acid groups (broad SMARTS) is 2. The lowest BCUT2D eigenvalue weighted by Gasteiger charge is -2.23. The molecule has 1 aromatic heterocycles. The lowest BCUT2D eigenvalue weighted by atomic mass is 9.93.